The van der Waals surface area contributed by atoms with Gasteiger partial charge in [0.15, 0.2) is 9.84 Å². The summed E-state index contributed by atoms with van der Waals surface area (Å²) in [7, 11) is -7.48. The number of rotatable bonds is 6. The van der Waals surface area contributed by atoms with Crippen LogP contribution < -0.4 is 10.5 Å². The van der Waals surface area contributed by atoms with Crippen molar-refractivity contribution in [1.82, 2.24) is 0 Å². The van der Waals surface area contributed by atoms with Crippen molar-refractivity contribution < 1.29 is 16.8 Å². The van der Waals surface area contributed by atoms with E-state index in [2.05, 4.69) is 19.2 Å². The first-order valence-electron chi connectivity index (χ1n) is 6.12. The zero-order chi connectivity index (χ0) is 15.6. The molecule has 114 valence electrons. The summed E-state index contributed by atoms with van der Waals surface area (Å²) in [5.41, 5.74) is 0.389. The number of hydrogen-bond acceptors (Lipinski definition) is 5. The fourth-order valence-corrected chi connectivity index (χ4v) is 3.12. The minimum Gasteiger partial charge on any atom is -0.384 e. The molecule has 1 aromatic carbocycles. The smallest absolute Gasteiger partial charge is 0.238 e. The van der Waals surface area contributed by atoms with Crippen molar-refractivity contribution in [2.75, 3.05) is 18.1 Å². The van der Waals surface area contributed by atoms with Crippen molar-refractivity contribution in [1.29, 1.82) is 0 Å². The zero-order valence-corrected chi connectivity index (χ0v) is 13.4. The van der Waals surface area contributed by atoms with Gasteiger partial charge in [-0.05, 0) is 30.5 Å². The minimum atomic E-state index is -3.93. The number of nitrogens with two attached hydrogens (primary N) is 1. The van der Waals surface area contributed by atoms with Crippen LogP contribution in [0.25, 0.3) is 0 Å². The van der Waals surface area contributed by atoms with Crippen LogP contribution in [-0.4, -0.2) is 29.6 Å². The molecule has 0 fully saturated rings. The summed E-state index contributed by atoms with van der Waals surface area (Å²) in [4.78, 5) is -0.278. The van der Waals surface area contributed by atoms with Crippen LogP contribution in [0.5, 0.6) is 0 Å². The molecule has 0 aliphatic carbocycles. The lowest BCUT2D eigenvalue weighted by atomic mass is 10.1. The van der Waals surface area contributed by atoms with Crippen molar-refractivity contribution >= 4 is 25.5 Å². The van der Waals surface area contributed by atoms with Gasteiger partial charge in [-0.3, -0.25) is 0 Å². The molecule has 0 spiro atoms. The van der Waals surface area contributed by atoms with Gasteiger partial charge in [-0.25, -0.2) is 22.0 Å². The number of sulfone groups is 1. The van der Waals surface area contributed by atoms with Crippen molar-refractivity contribution in [2.24, 2.45) is 11.1 Å². The van der Waals surface area contributed by atoms with E-state index in [-0.39, 0.29) is 9.79 Å². The van der Waals surface area contributed by atoms with Gasteiger partial charge in [0.25, 0.3) is 0 Å². The largest absolute Gasteiger partial charge is 0.384 e. The number of sulfonamides is 1. The van der Waals surface area contributed by atoms with Crippen LogP contribution in [-0.2, 0) is 19.9 Å². The number of primary sulfonamides is 1. The molecule has 1 rings (SSSR count). The first-order valence-corrected chi connectivity index (χ1v) is 9.56. The van der Waals surface area contributed by atoms with Gasteiger partial charge in [0.05, 0.1) is 15.5 Å². The molecule has 0 amide bonds. The average molecular weight is 320 g/mol. The second-order valence-electron chi connectivity index (χ2n) is 5.08. The van der Waals surface area contributed by atoms with Gasteiger partial charge in [-0.2, -0.15) is 0 Å². The molecular weight excluding hydrogens is 300 g/mol. The molecule has 6 nitrogen and oxygen atoms in total. The van der Waals surface area contributed by atoms with Crippen molar-refractivity contribution in [3.05, 3.63) is 18.2 Å². The summed E-state index contributed by atoms with van der Waals surface area (Å²) >= 11 is 0. The van der Waals surface area contributed by atoms with Gasteiger partial charge < -0.3 is 5.32 Å². The van der Waals surface area contributed by atoms with Crippen molar-refractivity contribution in [2.45, 2.75) is 30.1 Å². The second kappa shape index (κ2) is 6.11. The summed E-state index contributed by atoms with van der Waals surface area (Å²) in [5, 5.41) is 8.03. The average Bonchev–Trinajstić information content (AvgIpc) is 2.25. The lowest BCUT2D eigenvalue weighted by Crippen LogP contribution is -2.14. The molecule has 0 radical (unpaired) electrons. The highest BCUT2D eigenvalue weighted by atomic mass is 32.2. The van der Waals surface area contributed by atoms with E-state index >= 15 is 0 Å². The van der Waals surface area contributed by atoms with Crippen LogP contribution in [0.1, 0.15) is 20.3 Å². The van der Waals surface area contributed by atoms with Gasteiger partial charge >= 0.3 is 0 Å². The molecule has 8 heteroatoms. The Morgan fingerprint density at radius 3 is 2.25 bits per heavy atom. The molecule has 0 atom stereocenters. The molecule has 0 unspecified atom stereocenters. The van der Waals surface area contributed by atoms with E-state index in [0.29, 0.717) is 18.2 Å². The molecule has 0 bridgehead atoms. The van der Waals surface area contributed by atoms with Crippen molar-refractivity contribution in [3.8, 4) is 0 Å². The predicted octanol–water partition coefficient (Wildman–Crippen LogP) is 1.20. The molecule has 0 heterocycles. The zero-order valence-electron chi connectivity index (χ0n) is 11.8. The maximum absolute atomic E-state index is 11.8. The molecule has 0 saturated carbocycles. The van der Waals surface area contributed by atoms with E-state index in [1.165, 1.54) is 12.1 Å². The highest BCUT2D eigenvalue weighted by molar-refractivity contribution is 7.91. The molecule has 0 aliphatic rings. The van der Waals surface area contributed by atoms with Gasteiger partial charge in [-0.15, -0.1) is 0 Å². The number of benzene rings is 1. The Hall–Kier alpha value is -1.12. The summed E-state index contributed by atoms with van der Waals surface area (Å²) in [5.74, 6) is 0.480. The van der Waals surface area contributed by atoms with E-state index in [9.17, 15) is 16.8 Å². The van der Waals surface area contributed by atoms with E-state index in [1.54, 1.807) is 0 Å². The second-order valence-corrected chi connectivity index (χ2v) is 8.63. The highest BCUT2D eigenvalue weighted by Crippen LogP contribution is 2.24. The topological polar surface area (TPSA) is 106 Å². The fraction of sp³-hybridized carbons (Fsp3) is 0.500. The summed E-state index contributed by atoms with van der Waals surface area (Å²) in [6.07, 6.45) is 1.91. The van der Waals surface area contributed by atoms with Crippen LogP contribution in [0.15, 0.2) is 28.0 Å². The Labute approximate surface area is 120 Å². The molecule has 0 saturated heterocycles. The highest BCUT2D eigenvalue weighted by Gasteiger charge is 2.18. The summed E-state index contributed by atoms with van der Waals surface area (Å²) < 4.78 is 46.1. The summed E-state index contributed by atoms with van der Waals surface area (Å²) in [6, 6.07) is 3.81. The Kier molecular flexibility index (Phi) is 5.17. The Bertz CT molecular complexity index is 679. The predicted molar refractivity (Wildman–Crippen MR) is 78.9 cm³/mol. The third-order valence-electron chi connectivity index (χ3n) is 2.72. The maximum atomic E-state index is 11.8. The molecule has 0 aliphatic heterocycles. The third kappa shape index (κ3) is 4.77. The van der Waals surface area contributed by atoms with Gasteiger partial charge in [0.2, 0.25) is 10.0 Å². The molecule has 3 N–H and O–H groups in total. The van der Waals surface area contributed by atoms with Crippen molar-refractivity contribution in [3.63, 3.8) is 0 Å². The number of hydrogen-bond donors (Lipinski definition) is 2. The van der Waals surface area contributed by atoms with Crippen LogP contribution in [0.4, 0.5) is 5.69 Å². The maximum Gasteiger partial charge on any atom is 0.238 e. The molecular formula is C12H20N2O4S2. The molecule has 1 aromatic rings. The fourth-order valence-electron chi connectivity index (χ4n) is 1.63. The third-order valence-corrected chi connectivity index (χ3v) is 4.77. The van der Waals surface area contributed by atoms with E-state index in [1.807, 2.05) is 0 Å². The van der Waals surface area contributed by atoms with Crippen LogP contribution >= 0.6 is 0 Å². The van der Waals surface area contributed by atoms with Gasteiger partial charge in [-0.1, -0.05) is 13.8 Å². The molecule has 20 heavy (non-hydrogen) atoms. The van der Waals surface area contributed by atoms with Gasteiger partial charge in [0.1, 0.15) is 0 Å². The number of nitrogens with one attached hydrogen (secondary N) is 1. The Morgan fingerprint density at radius 1 is 1.20 bits per heavy atom. The number of anilines is 1. The SMILES string of the molecule is CC(C)CCNc1ccc(S(N)(=O)=O)cc1S(C)(=O)=O. The Morgan fingerprint density at radius 2 is 1.80 bits per heavy atom. The lowest BCUT2D eigenvalue weighted by Gasteiger charge is -2.13. The van der Waals surface area contributed by atoms with Crippen LogP contribution in [0.3, 0.4) is 0 Å². The summed E-state index contributed by atoms with van der Waals surface area (Å²) in [6.45, 7) is 4.72. The normalized spacial score (nSPS) is 12.7. The van der Waals surface area contributed by atoms with Gasteiger partial charge in [0, 0.05) is 12.8 Å². The monoisotopic (exact) mass is 320 g/mol. The Balaban J connectivity index is 3.19. The lowest BCUT2D eigenvalue weighted by molar-refractivity contribution is 0.597. The first-order chi connectivity index (χ1) is 9.01. The minimum absolute atomic E-state index is 0.0622. The van der Waals surface area contributed by atoms with Crippen LogP contribution in [0, 0.1) is 5.92 Å². The quantitative estimate of drug-likeness (QED) is 0.819. The van der Waals surface area contributed by atoms with E-state index in [0.717, 1.165) is 18.7 Å². The molecule has 0 aromatic heterocycles. The van der Waals surface area contributed by atoms with E-state index < -0.39 is 19.9 Å². The standard InChI is InChI=1S/C12H20N2O4S2/c1-9(2)6-7-14-11-5-4-10(20(13,17)18)8-12(11)19(3,15)16/h4-5,8-9,14H,6-7H2,1-3H3,(H2,13,17,18). The van der Waals surface area contributed by atoms with Crippen LogP contribution in [0.2, 0.25) is 0 Å². The first kappa shape index (κ1) is 16.9. The van der Waals surface area contributed by atoms with E-state index in [4.69, 9.17) is 5.14 Å².